The van der Waals surface area contributed by atoms with Gasteiger partial charge in [-0.2, -0.15) is 0 Å². The number of fused-ring (bicyclic) bond motifs is 3. The average Bonchev–Trinajstić information content (AvgIpc) is 2.98. The van der Waals surface area contributed by atoms with Crippen molar-refractivity contribution >= 4 is 22.6 Å². The van der Waals surface area contributed by atoms with Gasteiger partial charge in [-0.25, -0.2) is 4.98 Å². The molecule has 6 nitrogen and oxygen atoms in total. The molecule has 0 spiro atoms. The number of piperidine rings is 1. The molecule has 1 amide bonds. The summed E-state index contributed by atoms with van der Waals surface area (Å²) in [5.74, 6) is 1.16. The Labute approximate surface area is 183 Å². The molecule has 3 aromatic rings. The lowest BCUT2D eigenvalue weighted by molar-refractivity contribution is -0.114. The first kappa shape index (κ1) is 20.2. The van der Waals surface area contributed by atoms with Crippen molar-refractivity contribution in [3.05, 3.63) is 48.3 Å². The van der Waals surface area contributed by atoms with Gasteiger partial charge in [0.05, 0.1) is 11.0 Å². The number of imidazole rings is 1. The van der Waals surface area contributed by atoms with E-state index in [4.69, 9.17) is 4.98 Å². The van der Waals surface area contributed by atoms with E-state index in [-0.39, 0.29) is 5.91 Å². The summed E-state index contributed by atoms with van der Waals surface area (Å²) in [6.45, 7) is 7.15. The van der Waals surface area contributed by atoms with Crippen molar-refractivity contribution in [1.82, 2.24) is 19.4 Å². The fourth-order valence-corrected chi connectivity index (χ4v) is 5.05. The largest absolute Gasteiger partial charge is 0.327 e. The predicted octanol–water partition coefficient (Wildman–Crippen LogP) is 3.61. The molecule has 1 saturated heterocycles. The third-order valence-electron chi connectivity index (χ3n) is 6.80. The zero-order chi connectivity index (χ0) is 21.4. The zero-order valence-corrected chi connectivity index (χ0v) is 18.5. The van der Waals surface area contributed by atoms with Crippen LogP contribution in [0, 0.1) is 0 Å². The summed E-state index contributed by atoms with van der Waals surface area (Å²) in [5, 5.41) is 2.83. The van der Waals surface area contributed by atoms with Crippen LogP contribution < -0.4 is 5.32 Å². The number of carbonyl (C=O) groups is 1. The molecule has 1 fully saturated rings. The van der Waals surface area contributed by atoms with Crippen LogP contribution >= 0.6 is 0 Å². The number of nitrogens with zero attached hydrogens (tertiary/aromatic N) is 4. The van der Waals surface area contributed by atoms with Gasteiger partial charge in [0, 0.05) is 44.7 Å². The van der Waals surface area contributed by atoms with Crippen LogP contribution in [0.1, 0.15) is 25.6 Å². The van der Waals surface area contributed by atoms with E-state index < -0.39 is 0 Å². The second-order valence-corrected chi connectivity index (χ2v) is 8.96. The number of anilines is 1. The molecule has 2 aliphatic heterocycles. The van der Waals surface area contributed by atoms with Crippen LogP contribution in [0.4, 0.5) is 5.69 Å². The highest BCUT2D eigenvalue weighted by atomic mass is 16.1. The van der Waals surface area contributed by atoms with Crippen molar-refractivity contribution in [2.75, 3.05) is 38.5 Å². The Kier molecular flexibility index (Phi) is 5.50. The monoisotopic (exact) mass is 417 g/mol. The number of aromatic nitrogens is 2. The van der Waals surface area contributed by atoms with Crippen molar-refractivity contribution < 1.29 is 4.79 Å². The summed E-state index contributed by atoms with van der Waals surface area (Å²) in [7, 11) is 2.23. The van der Waals surface area contributed by atoms with Crippen LogP contribution in [-0.4, -0.2) is 64.5 Å². The second-order valence-electron chi connectivity index (χ2n) is 8.96. The molecule has 3 heterocycles. The molecule has 1 N–H and O–H groups in total. The van der Waals surface area contributed by atoms with E-state index in [9.17, 15) is 4.79 Å². The zero-order valence-electron chi connectivity index (χ0n) is 18.5. The highest BCUT2D eigenvalue weighted by Crippen LogP contribution is 2.28. The molecule has 0 aliphatic carbocycles. The lowest BCUT2D eigenvalue weighted by atomic mass is 10.0. The molecule has 0 unspecified atom stereocenters. The Morgan fingerprint density at radius 1 is 0.968 bits per heavy atom. The van der Waals surface area contributed by atoms with Gasteiger partial charge in [-0.1, -0.05) is 18.2 Å². The number of nitrogens with one attached hydrogen (secondary N) is 1. The minimum absolute atomic E-state index is 0.0505. The van der Waals surface area contributed by atoms with Gasteiger partial charge in [-0.15, -0.1) is 0 Å². The number of amides is 1. The van der Waals surface area contributed by atoms with Gasteiger partial charge in [-0.3, -0.25) is 9.69 Å². The van der Waals surface area contributed by atoms with Gasteiger partial charge in [0.15, 0.2) is 0 Å². The number of carbonyl (C=O) groups excluding carboxylic acids is 1. The van der Waals surface area contributed by atoms with Gasteiger partial charge >= 0.3 is 0 Å². The molecule has 1 aromatic heterocycles. The fraction of sp³-hybridized carbons (Fsp3) is 0.440. The van der Waals surface area contributed by atoms with E-state index in [0.29, 0.717) is 6.04 Å². The van der Waals surface area contributed by atoms with E-state index >= 15 is 0 Å². The normalized spacial score (nSPS) is 18.6. The van der Waals surface area contributed by atoms with Crippen molar-refractivity contribution in [2.24, 2.45) is 0 Å². The summed E-state index contributed by atoms with van der Waals surface area (Å²) in [5.41, 5.74) is 5.46. The average molecular weight is 418 g/mol. The Balaban J connectivity index is 1.37. The fourth-order valence-electron chi connectivity index (χ4n) is 5.05. The lowest BCUT2D eigenvalue weighted by Crippen LogP contribution is -2.44. The molecule has 0 radical (unpaired) electrons. The molecule has 5 rings (SSSR count). The van der Waals surface area contributed by atoms with Crippen LogP contribution in [0.2, 0.25) is 0 Å². The molecule has 31 heavy (non-hydrogen) atoms. The van der Waals surface area contributed by atoms with Crippen molar-refractivity contribution in [1.29, 1.82) is 0 Å². The SMILES string of the molecule is CC(=O)Nc1ccc(-c2ccc3nc4n(c3c2)CCN(C2CCN(C)CC2)CC4)cc1. The molecule has 162 valence electrons. The van der Waals surface area contributed by atoms with Gasteiger partial charge in [0.1, 0.15) is 5.82 Å². The van der Waals surface area contributed by atoms with Gasteiger partial charge < -0.3 is 14.8 Å². The lowest BCUT2D eigenvalue weighted by Gasteiger charge is -2.36. The van der Waals surface area contributed by atoms with E-state index in [1.54, 1.807) is 0 Å². The minimum Gasteiger partial charge on any atom is -0.327 e. The summed E-state index contributed by atoms with van der Waals surface area (Å²) < 4.78 is 2.43. The highest BCUT2D eigenvalue weighted by Gasteiger charge is 2.26. The Morgan fingerprint density at radius 3 is 2.45 bits per heavy atom. The molecule has 0 atom stereocenters. The number of likely N-dealkylation sites (tertiary alicyclic amines) is 1. The third kappa shape index (κ3) is 4.23. The second kappa shape index (κ2) is 8.44. The van der Waals surface area contributed by atoms with E-state index in [0.717, 1.165) is 42.8 Å². The molecule has 6 heteroatoms. The molecule has 0 bridgehead atoms. The van der Waals surface area contributed by atoms with E-state index in [1.807, 2.05) is 12.1 Å². The Hall–Kier alpha value is -2.70. The Morgan fingerprint density at radius 2 is 1.71 bits per heavy atom. The minimum atomic E-state index is -0.0505. The summed E-state index contributed by atoms with van der Waals surface area (Å²) in [4.78, 5) is 21.4. The van der Waals surface area contributed by atoms with Crippen LogP contribution in [0.15, 0.2) is 42.5 Å². The van der Waals surface area contributed by atoms with Crippen LogP contribution in [0.5, 0.6) is 0 Å². The smallest absolute Gasteiger partial charge is 0.221 e. The Bertz CT molecular complexity index is 1080. The maximum absolute atomic E-state index is 11.3. The number of hydrogen-bond donors (Lipinski definition) is 1. The van der Waals surface area contributed by atoms with Gasteiger partial charge in [0.25, 0.3) is 0 Å². The number of rotatable bonds is 3. The summed E-state index contributed by atoms with van der Waals surface area (Å²) in [6.07, 6.45) is 3.57. The molecular weight excluding hydrogens is 386 g/mol. The van der Waals surface area contributed by atoms with E-state index in [2.05, 4.69) is 57.1 Å². The van der Waals surface area contributed by atoms with Gasteiger partial charge in [-0.05, 0) is 68.4 Å². The van der Waals surface area contributed by atoms with Crippen molar-refractivity contribution in [2.45, 2.75) is 38.8 Å². The standard InChI is InChI=1S/C25H31N5O/c1-18(31)26-21-6-3-19(4-7-21)20-5-8-23-24(17-20)30-16-15-29(14-11-25(30)27-23)22-9-12-28(2)13-10-22/h3-8,17,22H,9-16H2,1-2H3,(H,26,31). The first-order valence-electron chi connectivity index (χ1n) is 11.4. The first-order valence-corrected chi connectivity index (χ1v) is 11.4. The number of benzene rings is 2. The van der Waals surface area contributed by atoms with Crippen LogP contribution in [0.3, 0.4) is 0 Å². The molecule has 2 aliphatic rings. The van der Waals surface area contributed by atoms with Crippen LogP contribution in [0.25, 0.3) is 22.2 Å². The molecular formula is C25H31N5O. The van der Waals surface area contributed by atoms with Crippen LogP contribution in [-0.2, 0) is 17.8 Å². The van der Waals surface area contributed by atoms with Gasteiger partial charge in [0.2, 0.25) is 5.91 Å². The van der Waals surface area contributed by atoms with E-state index in [1.165, 1.54) is 49.8 Å². The molecule has 2 aromatic carbocycles. The summed E-state index contributed by atoms with van der Waals surface area (Å²) in [6, 6.07) is 15.3. The van der Waals surface area contributed by atoms with Crippen molar-refractivity contribution in [3.63, 3.8) is 0 Å². The predicted molar refractivity (Wildman–Crippen MR) is 125 cm³/mol. The first-order chi connectivity index (χ1) is 15.1. The summed E-state index contributed by atoms with van der Waals surface area (Å²) >= 11 is 0. The topological polar surface area (TPSA) is 53.4 Å². The van der Waals surface area contributed by atoms with Crippen molar-refractivity contribution in [3.8, 4) is 11.1 Å². The maximum Gasteiger partial charge on any atom is 0.221 e. The maximum atomic E-state index is 11.3. The third-order valence-corrected chi connectivity index (χ3v) is 6.80. The highest BCUT2D eigenvalue weighted by molar-refractivity contribution is 5.89. The number of hydrogen-bond acceptors (Lipinski definition) is 4. The molecule has 0 saturated carbocycles. The quantitative estimate of drug-likeness (QED) is 0.707.